The van der Waals surface area contributed by atoms with Crippen molar-refractivity contribution < 1.29 is 14.1 Å². The van der Waals surface area contributed by atoms with Crippen LogP contribution in [0.25, 0.3) is 0 Å². The molecule has 0 fully saturated rings. The Morgan fingerprint density at radius 1 is 1.47 bits per heavy atom. The van der Waals surface area contributed by atoms with E-state index in [-0.39, 0.29) is 5.91 Å². The van der Waals surface area contributed by atoms with Crippen LogP contribution < -0.4 is 10.1 Å². The molecule has 0 spiro atoms. The summed E-state index contributed by atoms with van der Waals surface area (Å²) in [7, 11) is 0. The number of hydrogen-bond donors (Lipinski definition) is 1. The summed E-state index contributed by atoms with van der Waals surface area (Å²) in [6.45, 7) is 3.52. The zero-order valence-electron chi connectivity index (χ0n) is 10.5. The van der Waals surface area contributed by atoms with Crippen molar-refractivity contribution in [3.05, 3.63) is 41.1 Å². The summed E-state index contributed by atoms with van der Waals surface area (Å²) in [6, 6.07) is 6.78. The number of benzene rings is 1. The van der Waals surface area contributed by atoms with E-state index in [4.69, 9.17) is 16.3 Å². The predicted molar refractivity (Wildman–Crippen MR) is 71.4 cm³/mol. The van der Waals surface area contributed by atoms with Crippen LogP contribution in [-0.2, 0) is 4.79 Å². The average Bonchev–Trinajstić information content (AvgIpc) is 2.86. The van der Waals surface area contributed by atoms with Crippen LogP contribution in [0.3, 0.4) is 0 Å². The van der Waals surface area contributed by atoms with Gasteiger partial charge in [0.05, 0.1) is 0 Å². The van der Waals surface area contributed by atoms with Crippen LogP contribution in [0, 0.1) is 6.92 Å². The first-order chi connectivity index (χ1) is 9.06. The Balaban J connectivity index is 1.98. The Labute approximate surface area is 115 Å². The number of aromatic nitrogens is 1. The van der Waals surface area contributed by atoms with Gasteiger partial charge < -0.3 is 14.6 Å². The summed E-state index contributed by atoms with van der Waals surface area (Å²) in [6.07, 6.45) is 0.723. The quantitative estimate of drug-likeness (QED) is 0.935. The van der Waals surface area contributed by atoms with E-state index in [1.54, 1.807) is 31.2 Å². The molecule has 6 heteroatoms. The topological polar surface area (TPSA) is 64.4 Å². The molecule has 1 atom stereocenters. The van der Waals surface area contributed by atoms with Gasteiger partial charge in [-0.3, -0.25) is 4.79 Å². The summed E-state index contributed by atoms with van der Waals surface area (Å²) < 4.78 is 10.2. The fourth-order valence-electron chi connectivity index (χ4n) is 1.45. The molecule has 2 rings (SSSR count). The molecule has 0 aliphatic heterocycles. The van der Waals surface area contributed by atoms with Crippen molar-refractivity contribution in [2.45, 2.75) is 20.0 Å². The Bertz CT molecular complexity index is 569. The van der Waals surface area contributed by atoms with Crippen LogP contribution in [0.1, 0.15) is 12.5 Å². The number of nitrogens with zero attached hydrogens (tertiary/aromatic N) is 1. The van der Waals surface area contributed by atoms with Crippen molar-refractivity contribution in [1.82, 2.24) is 5.16 Å². The Hall–Kier alpha value is -2.01. The number of anilines is 1. The number of carbonyl (C=O) groups is 1. The van der Waals surface area contributed by atoms with Crippen LogP contribution in [0.4, 0.5) is 5.82 Å². The summed E-state index contributed by atoms with van der Waals surface area (Å²) >= 11 is 5.92. The second-order valence-corrected chi connectivity index (χ2v) is 4.45. The highest BCUT2D eigenvalue weighted by molar-refractivity contribution is 6.31. The largest absolute Gasteiger partial charge is 0.481 e. The number of hydrogen-bond acceptors (Lipinski definition) is 4. The molecule has 0 unspecified atom stereocenters. The predicted octanol–water partition coefficient (Wildman–Crippen LogP) is 3.04. The van der Waals surface area contributed by atoms with Crippen LogP contribution in [0.15, 0.2) is 35.1 Å². The van der Waals surface area contributed by atoms with Crippen molar-refractivity contribution in [2.24, 2.45) is 0 Å². The summed E-state index contributed by atoms with van der Waals surface area (Å²) in [5, 5.41) is 6.82. The molecule has 0 saturated carbocycles. The van der Waals surface area contributed by atoms with Gasteiger partial charge in [-0.2, -0.15) is 0 Å². The highest BCUT2D eigenvalue weighted by Crippen LogP contribution is 2.22. The molecular formula is C13H13ClN2O3. The third kappa shape index (κ3) is 3.48. The van der Waals surface area contributed by atoms with E-state index in [0.29, 0.717) is 16.6 Å². The van der Waals surface area contributed by atoms with E-state index in [0.717, 1.165) is 5.56 Å². The van der Waals surface area contributed by atoms with E-state index in [2.05, 4.69) is 15.0 Å². The van der Waals surface area contributed by atoms with Gasteiger partial charge in [-0.05, 0) is 37.6 Å². The molecule has 19 heavy (non-hydrogen) atoms. The number of aryl methyl sites for hydroxylation is 1. The molecule has 2 aromatic rings. The van der Waals surface area contributed by atoms with Crippen molar-refractivity contribution in [1.29, 1.82) is 0 Å². The molecule has 1 N–H and O–H groups in total. The molecule has 1 amide bonds. The molecule has 1 aromatic carbocycles. The molecule has 0 aliphatic carbocycles. The van der Waals surface area contributed by atoms with Gasteiger partial charge in [0.2, 0.25) is 0 Å². The number of ether oxygens (including phenoxy) is 1. The molecule has 0 aliphatic rings. The van der Waals surface area contributed by atoms with Crippen molar-refractivity contribution >= 4 is 23.3 Å². The standard InChI is InChI=1S/C13H13ClN2O3/c1-8-7-10(3-4-11(8)14)19-9(2)13(17)15-12-5-6-18-16-12/h3-7,9H,1-2H3,(H,15,16,17)/t9-/m0/s1. The smallest absolute Gasteiger partial charge is 0.266 e. The van der Waals surface area contributed by atoms with E-state index >= 15 is 0 Å². The van der Waals surface area contributed by atoms with Crippen molar-refractivity contribution in [2.75, 3.05) is 5.32 Å². The first-order valence-corrected chi connectivity index (χ1v) is 6.08. The third-order valence-corrected chi connectivity index (χ3v) is 2.92. The lowest BCUT2D eigenvalue weighted by Gasteiger charge is -2.14. The third-order valence-electron chi connectivity index (χ3n) is 2.50. The molecule has 5 nitrogen and oxygen atoms in total. The maximum Gasteiger partial charge on any atom is 0.266 e. The lowest BCUT2D eigenvalue weighted by atomic mass is 10.2. The van der Waals surface area contributed by atoms with Crippen LogP contribution >= 0.6 is 11.6 Å². The van der Waals surface area contributed by atoms with Gasteiger partial charge in [0.15, 0.2) is 11.9 Å². The Morgan fingerprint density at radius 2 is 2.26 bits per heavy atom. The molecular weight excluding hydrogens is 268 g/mol. The highest BCUT2D eigenvalue weighted by Gasteiger charge is 2.16. The molecule has 0 radical (unpaired) electrons. The Kier molecular flexibility index (Phi) is 4.06. The van der Waals surface area contributed by atoms with Crippen LogP contribution in [0.2, 0.25) is 5.02 Å². The molecule has 0 bridgehead atoms. The minimum absolute atomic E-state index is 0.304. The minimum Gasteiger partial charge on any atom is -0.481 e. The second-order valence-electron chi connectivity index (χ2n) is 4.05. The minimum atomic E-state index is -0.655. The van der Waals surface area contributed by atoms with Crippen LogP contribution in [0.5, 0.6) is 5.75 Å². The monoisotopic (exact) mass is 280 g/mol. The fraction of sp³-hybridized carbons (Fsp3) is 0.231. The lowest BCUT2D eigenvalue weighted by molar-refractivity contribution is -0.122. The van der Waals surface area contributed by atoms with Crippen molar-refractivity contribution in [3.63, 3.8) is 0 Å². The highest BCUT2D eigenvalue weighted by atomic mass is 35.5. The zero-order valence-corrected chi connectivity index (χ0v) is 11.3. The number of carbonyl (C=O) groups excluding carboxylic acids is 1. The van der Waals surface area contributed by atoms with Gasteiger partial charge in [-0.25, -0.2) is 0 Å². The number of halogens is 1. The first-order valence-electron chi connectivity index (χ1n) is 5.70. The van der Waals surface area contributed by atoms with E-state index < -0.39 is 6.10 Å². The lowest BCUT2D eigenvalue weighted by Crippen LogP contribution is -2.30. The molecule has 100 valence electrons. The molecule has 1 heterocycles. The number of nitrogens with one attached hydrogen (secondary N) is 1. The zero-order chi connectivity index (χ0) is 13.8. The van der Waals surface area contributed by atoms with E-state index in [9.17, 15) is 4.79 Å². The van der Waals surface area contributed by atoms with Gasteiger partial charge in [0.1, 0.15) is 12.0 Å². The SMILES string of the molecule is Cc1cc(O[C@@H](C)C(=O)Nc2ccon2)ccc1Cl. The maximum atomic E-state index is 11.8. The summed E-state index contributed by atoms with van der Waals surface area (Å²) in [5.41, 5.74) is 0.892. The average molecular weight is 281 g/mol. The van der Waals surface area contributed by atoms with Gasteiger partial charge in [0, 0.05) is 11.1 Å². The Morgan fingerprint density at radius 3 is 2.89 bits per heavy atom. The summed E-state index contributed by atoms with van der Waals surface area (Å²) in [4.78, 5) is 11.8. The second kappa shape index (κ2) is 5.75. The van der Waals surface area contributed by atoms with Crippen molar-refractivity contribution in [3.8, 4) is 5.75 Å². The van der Waals surface area contributed by atoms with Gasteiger partial charge in [-0.15, -0.1) is 0 Å². The molecule has 0 saturated heterocycles. The first kappa shape index (κ1) is 13.4. The maximum absolute atomic E-state index is 11.8. The van der Waals surface area contributed by atoms with Gasteiger partial charge in [-0.1, -0.05) is 16.8 Å². The number of rotatable bonds is 4. The normalized spacial score (nSPS) is 11.9. The molecule has 1 aromatic heterocycles. The summed E-state index contributed by atoms with van der Waals surface area (Å²) in [5.74, 6) is 0.638. The van der Waals surface area contributed by atoms with E-state index in [1.165, 1.54) is 6.26 Å². The van der Waals surface area contributed by atoms with Crippen LogP contribution in [-0.4, -0.2) is 17.2 Å². The van der Waals surface area contributed by atoms with Gasteiger partial charge in [0.25, 0.3) is 5.91 Å². The fourth-order valence-corrected chi connectivity index (χ4v) is 1.57. The number of amides is 1. The van der Waals surface area contributed by atoms with E-state index in [1.807, 2.05) is 6.92 Å². The van der Waals surface area contributed by atoms with Gasteiger partial charge >= 0.3 is 0 Å².